The molecule has 1 aromatic heterocycles. The number of aromatic amines is 1. The summed E-state index contributed by atoms with van der Waals surface area (Å²) in [6, 6.07) is 8.88. The smallest absolute Gasteiger partial charge is 0.251 e. The van der Waals surface area contributed by atoms with Gasteiger partial charge in [0.15, 0.2) is 0 Å². The summed E-state index contributed by atoms with van der Waals surface area (Å²) in [5, 5.41) is 0.681. The van der Waals surface area contributed by atoms with Gasteiger partial charge >= 0.3 is 0 Å². The van der Waals surface area contributed by atoms with Crippen molar-refractivity contribution in [2.24, 2.45) is 0 Å². The van der Waals surface area contributed by atoms with E-state index in [0.29, 0.717) is 16.6 Å². The van der Waals surface area contributed by atoms with Crippen LogP contribution in [0.5, 0.6) is 0 Å². The fourth-order valence-corrected chi connectivity index (χ4v) is 1.92. The number of aromatic nitrogens is 2. The fourth-order valence-electron chi connectivity index (χ4n) is 1.80. The van der Waals surface area contributed by atoms with Crippen molar-refractivity contribution in [3.05, 3.63) is 51.5 Å². The first-order valence-corrected chi connectivity index (χ1v) is 5.97. The average molecular weight is 247 g/mol. The highest BCUT2D eigenvalue weighted by Crippen LogP contribution is 2.37. The summed E-state index contributed by atoms with van der Waals surface area (Å²) in [6.45, 7) is 0. The predicted octanol–water partition coefficient (Wildman–Crippen LogP) is 2.97. The van der Waals surface area contributed by atoms with Crippen LogP contribution in [0.2, 0.25) is 5.02 Å². The van der Waals surface area contributed by atoms with E-state index in [0.717, 1.165) is 24.2 Å². The minimum absolute atomic E-state index is 0.0909. The number of nitrogens with one attached hydrogen (secondary N) is 1. The molecule has 0 unspecified atom stereocenters. The van der Waals surface area contributed by atoms with E-state index in [2.05, 4.69) is 9.97 Å². The topological polar surface area (TPSA) is 45.8 Å². The lowest BCUT2D eigenvalue weighted by Gasteiger charge is -2.03. The summed E-state index contributed by atoms with van der Waals surface area (Å²) in [7, 11) is 0. The molecule has 1 aromatic carbocycles. The summed E-state index contributed by atoms with van der Waals surface area (Å²) in [4.78, 5) is 18.9. The third kappa shape index (κ3) is 2.24. The molecular weight excluding hydrogens is 236 g/mol. The van der Waals surface area contributed by atoms with Gasteiger partial charge in [0.2, 0.25) is 0 Å². The normalized spacial score (nSPS) is 14.9. The molecule has 2 aromatic rings. The van der Waals surface area contributed by atoms with Gasteiger partial charge < -0.3 is 4.98 Å². The SMILES string of the molecule is O=c1cc(-c2ccc(Cl)cc2)nc(C2CC2)[nH]1. The van der Waals surface area contributed by atoms with Gasteiger partial charge in [0.25, 0.3) is 5.56 Å². The molecule has 0 atom stereocenters. The van der Waals surface area contributed by atoms with Crippen molar-refractivity contribution in [1.29, 1.82) is 0 Å². The molecule has 1 aliphatic rings. The molecule has 1 saturated carbocycles. The van der Waals surface area contributed by atoms with E-state index in [1.54, 1.807) is 12.1 Å². The first kappa shape index (κ1) is 10.5. The first-order valence-electron chi connectivity index (χ1n) is 5.59. The van der Waals surface area contributed by atoms with Crippen molar-refractivity contribution in [3.63, 3.8) is 0 Å². The summed E-state index contributed by atoms with van der Waals surface area (Å²) in [5.74, 6) is 1.25. The van der Waals surface area contributed by atoms with Crippen LogP contribution in [0, 0.1) is 0 Å². The maximum Gasteiger partial charge on any atom is 0.251 e. The minimum atomic E-state index is -0.0909. The monoisotopic (exact) mass is 246 g/mol. The zero-order valence-corrected chi connectivity index (χ0v) is 9.87. The van der Waals surface area contributed by atoms with Gasteiger partial charge in [-0.1, -0.05) is 23.7 Å². The fraction of sp³-hybridized carbons (Fsp3) is 0.231. The number of H-pyrrole nitrogens is 1. The molecule has 1 heterocycles. The van der Waals surface area contributed by atoms with E-state index in [1.165, 1.54) is 6.07 Å². The summed E-state index contributed by atoms with van der Waals surface area (Å²) >= 11 is 5.83. The molecule has 1 fully saturated rings. The third-order valence-corrected chi connectivity index (χ3v) is 3.12. The largest absolute Gasteiger partial charge is 0.310 e. The molecule has 3 nitrogen and oxygen atoms in total. The van der Waals surface area contributed by atoms with E-state index in [4.69, 9.17) is 11.6 Å². The Bertz CT molecular complexity index is 600. The van der Waals surface area contributed by atoms with Crippen LogP contribution in [0.1, 0.15) is 24.6 Å². The molecule has 86 valence electrons. The van der Waals surface area contributed by atoms with Gasteiger partial charge in [-0.05, 0) is 25.0 Å². The number of nitrogens with zero attached hydrogens (tertiary/aromatic N) is 1. The molecule has 0 spiro atoms. The van der Waals surface area contributed by atoms with Gasteiger partial charge in [0, 0.05) is 22.6 Å². The first-order chi connectivity index (χ1) is 8.22. The molecule has 17 heavy (non-hydrogen) atoms. The second kappa shape index (κ2) is 4.00. The van der Waals surface area contributed by atoms with Gasteiger partial charge in [-0.2, -0.15) is 0 Å². The highest BCUT2D eigenvalue weighted by atomic mass is 35.5. The molecule has 0 aliphatic heterocycles. The van der Waals surface area contributed by atoms with E-state index in [1.807, 2.05) is 12.1 Å². The number of benzene rings is 1. The summed E-state index contributed by atoms with van der Waals surface area (Å²) in [5.41, 5.74) is 1.54. The van der Waals surface area contributed by atoms with Crippen LogP contribution in [-0.4, -0.2) is 9.97 Å². The average Bonchev–Trinajstić information content (AvgIpc) is 3.13. The van der Waals surface area contributed by atoms with Crippen molar-refractivity contribution >= 4 is 11.6 Å². The summed E-state index contributed by atoms with van der Waals surface area (Å²) in [6.07, 6.45) is 2.24. The third-order valence-electron chi connectivity index (χ3n) is 2.86. The van der Waals surface area contributed by atoms with Crippen LogP contribution in [0.3, 0.4) is 0 Å². The molecule has 0 saturated heterocycles. The van der Waals surface area contributed by atoms with Crippen LogP contribution in [-0.2, 0) is 0 Å². The lowest BCUT2D eigenvalue weighted by atomic mass is 10.1. The maximum atomic E-state index is 11.6. The Kier molecular flexibility index (Phi) is 2.48. The Morgan fingerprint density at radius 3 is 2.59 bits per heavy atom. The Morgan fingerprint density at radius 1 is 1.24 bits per heavy atom. The molecule has 3 rings (SSSR count). The van der Waals surface area contributed by atoms with Gasteiger partial charge in [-0.15, -0.1) is 0 Å². The Morgan fingerprint density at radius 2 is 1.94 bits per heavy atom. The zero-order chi connectivity index (χ0) is 11.8. The number of rotatable bonds is 2. The van der Waals surface area contributed by atoms with Gasteiger partial charge in [-0.3, -0.25) is 4.79 Å². The number of hydrogen-bond acceptors (Lipinski definition) is 2. The van der Waals surface area contributed by atoms with Crippen LogP contribution >= 0.6 is 11.6 Å². The van der Waals surface area contributed by atoms with Gasteiger partial charge in [0.1, 0.15) is 5.82 Å². The maximum absolute atomic E-state index is 11.6. The van der Waals surface area contributed by atoms with Crippen LogP contribution in [0.15, 0.2) is 35.1 Å². The standard InChI is InChI=1S/C13H11ClN2O/c14-10-5-3-8(4-6-10)11-7-12(17)16-13(15-11)9-1-2-9/h3-7,9H,1-2H2,(H,15,16,17). The quantitative estimate of drug-likeness (QED) is 0.886. The van der Waals surface area contributed by atoms with Crippen LogP contribution < -0.4 is 5.56 Å². The summed E-state index contributed by atoms with van der Waals surface area (Å²) < 4.78 is 0. The molecule has 1 aliphatic carbocycles. The van der Waals surface area contributed by atoms with Crippen molar-refractivity contribution < 1.29 is 0 Å². The minimum Gasteiger partial charge on any atom is -0.310 e. The second-order valence-electron chi connectivity index (χ2n) is 4.30. The molecular formula is C13H11ClN2O. The van der Waals surface area contributed by atoms with E-state index in [9.17, 15) is 4.79 Å². The Balaban J connectivity index is 2.07. The molecule has 0 bridgehead atoms. The molecule has 0 radical (unpaired) electrons. The molecule has 0 amide bonds. The predicted molar refractivity (Wildman–Crippen MR) is 67.3 cm³/mol. The highest BCUT2D eigenvalue weighted by Gasteiger charge is 2.26. The molecule has 4 heteroatoms. The van der Waals surface area contributed by atoms with Gasteiger partial charge in [-0.25, -0.2) is 4.98 Å². The van der Waals surface area contributed by atoms with E-state index >= 15 is 0 Å². The number of hydrogen-bond donors (Lipinski definition) is 1. The van der Waals surface area contributed by atoms with Crippen molar-refractivity contribution in [1.82, 2.24) is 9.97 Å². The highest BCUT2D eigenvalue weighted by molar-refractivity contribution is 6.30. The van der Waals surface area contributed by atoms with Crippen LogP contribution in [0.25, 0.3) is 11.3 Å². The lowest BCUT2D eigenvalue weighted by molar-refractivity contribution is 0.912. The van der Waals surface area contributed by atoms with Gasteiger partial charge in [0.05, 0.1) is 5.69 Å². The van der Waals surface area contributed by atoms with Crippen molar-refractivity contribution in [2.45, 2.75) is 18.8 Å². The van der Waals surface area contributed by atoms with Crippen molar-refractivity contribution in [2.75, 3.05) is 0 Å². The Labute approximate surface area is 103 Å². The van der Waals surface area contributed by atoms with E-state index in [-0.39, 0.29) is 5.56 Å². The van der Waals surface area contributed by atoms with Crippen LogP contribution in [0.4, 0.5) is 0 Å². The lowest BCUT2D eigenvalue weighted by Crippen LogP contribution is -2.10. The zero-order valence-electron chi connectivity index (χ0n) is 9.11. The Hall–Kier alpha value is -1.61. The molecule has 1 N–H and O–H groups in total. The number of halogens is 1. The second-order valence-corrected chi connectivity index (χ2v) is 4.73. The van der Waals surface area contributed by atoms with E-state index < -0.39 is 0 Å². The van der Waals surface area contributed by atoms with Crippen molar-refractivity contribution in [3.8, 4) is 11.3 Å².